The summed E-state index contributed by atoms with van der Waals surface area (Å²) in [5.74, 6) is 0.195. The third kappa shape index (κ3) is 2.96. The lowest BCUT2D eigenvalue weighted by Crippen LogP contribution is -2.13. The van der Waals surface area contributed by atoms with E-state index in [1.165, 1.54) is 12.3 Å². The van der Waals surface area contributed by atoms with Crippen LogP contribution in [0.2, 0.25) is 0 Å². The maximum atomic E-state index is 11.8. The van der Waals surface area contributed by atoms with Crippen molar-refractivity contribution in [1.29, 1.82) is 0 Å². The summed E-state index contributed by atoms with van der Waals surface area (Å²) in [7, 11) is -3.91. The van der Waals surface area contributed by atoms with Crippen LogP contribution in [0.3, 0.4) is 0 Å². The fourth-order valence-corrected chi connectivity index (χ4v) is 2.94. The first kappa shape index (κ1) is 16.0. The molecule has 0 radical (unpaired) electrons. The number of hydrogen-bond acceptors (Lipinski definition) is 8. The van der Waals surface area contributed by atoms with E-state index in [0.717, 1.165) is 0 Å². The number of ether oxygens (including phenoxy) is 1. The standard InChI is InChI=1S/C14H14N6O3S/c1-2-23-13-11-12(19-14(15)20-13)17-7-9(18-11)8-5-3-4-6-10(8)24(16,21)22/h3-7H,2H2,1H3,(H2,16,21,22)(H2,15,17,19,20). The summed E-state index contributed by atoms with van der Waals surface area (Å²) in [5, 5.41) is 5.26. The smallest absolute Gasteiger partial charge is 0.247 e. The molecule has 1 aromatic carbocycles. The van der Waals surface area contributed by atoms with E-state index < -0.39 is 10.0 Å². The Hall–Kier alpha value is -2.85. The number of anilines is 1. The molecular formula is C14H14N6O3S. The topological polar surface area (TPSA) is 147 Å². The van der Waals surface area contributed by atoms with Gasteiger partial charge in [0.25, 0.3) is 0 Å². The van der Waals surface area contributed by atoms with Gasteiger partial charge in [0, 0.05) is 5.56 Å². The number of sulfonamides is 1. The van der Waals surface area contributed by atoms with Gasteiger partial charge in [-0.15, -0.1) is 0 Å². The minimum atomic E-state index is -3.91. The molecule has 0 unspecified atom stereocenters. The number of aromatic nitrogens is 4. The van der Waals surface area contributed by atoms with Crippen LogP contribution in [0.1, 0.15) is 6.92 Å². The summed E-state index contributed by atoms with van der Waals surface area (Å²) in [6, 6.07) is 6.25. The predicted octanol–water partition coefficient (Wildman–Crippen LogP) is 0.715. The second kappa shape index (κ2) is 5.98. The number of rotatable bonds is 4. The van der Waals surface area contributed by atoms with Crippen molar-refractivity contribution in [2.75, 3.05) is 12.3 Å². The Morgan fingerprint density at radius 2 is 1.92 bits per heavy atom. The number of primary sulfonamides is 1. The lowest BCUT2D eigenvalue weighted by atomic mass is 10.1. The minimum Gasteiger partial charge on any atom is -0.476 e. The minimum absolute atomic E-state index is 0.0120. The summed E-state index contributed by atoms with van der Waals surface area (Å²) in [4.78, 5) is 16.5. The molecule has 4 N–H and O–H groups in total. The maximum absolute atomic E-state index is 11.8. The van der Waals surface area contributed by atoms with E-state index in [-0.39, 0.29) is 27.9 Å². The SMILES string of the molecule is CCOc1nc(N)nc2ncc(-c3ccccc3S(N)(=O)=O)nc12. The lowest BCUT2D eigenvalue weighted by molar-refractivity contribution is 0.330. The molecule has 0 saturated heterocycles. The number of nitrogen functional groups attached to an aromatic ring is 1. The van der Waals surface area contributed by atoms with Gasteiger partial charge >= 0.3 is 0 Å². The average Bonchev–Trinajstić information content (AvgIpc) is 2.54. The van der Waals surface area contributed by atoms with Crippen molar-refractivity contribution < 1.29 is 13.2 Å². The molecule has 0 bridgehead atoms. The average molecular weight is 346 g/mol. The fraction of sp³-hybridized carbons (Fsp3) is 0.143. The first-order chi connectivity index (χ1) is 11.4. The summed E-state index contributed by atoms with van der Waals surface area (Å²) < 4.78 is 28.9. The fourth-order valence-electron chi connectivity index (χ4n) is 2.19. The van der Waals surface area contributed by atoms with E-state index in [4.69, 9.17) is 15.6 Å². The van der Waals surface area contributed by atoms with Crippen molar-refractivity contribution in [3.05, 3.63) is 30.5 Å². The van der Waals surface area contributed by atoms with Crippen LogP contribution in [0, 0.1) is 0 Å². The quantitative estimate of drug-likeness (QED) is 0.702. The van der Waals surface area contributed by atoms with Crippen LogP contribution >= 0.6 is 0 Å². The van der Waals surface area contributed by atoms with Crippen LogP contribution < -0.4 is 15.6 Å². The molecule has 0 fully saturated rings. The van der Waals surface area contributed by atoms with Gasteiger partial charge in [-0.25, -0.2) is 23.5 Å². The molecule has 0 aliphatic rings. The maximum Gasteiger partial charge on any atom is 0.247 e. The van der Waals surface area contributed by atoms with Gasteiger partial charge in [0.05, 0.1) is 23.4 Å². The van der Waals surface area contributed by atoms with Crippen molar-refractivity contribution in [2.24, 2.45) is 5.14 Å². The van der Waals surface area contributed by atoms with Crippen molar-refractivity contribution in [2.45, 2.75) is 11.8 Å². The number of nitrogens with two attached hydrogens (primary N) is 2. The van der Waals surface area contributed by atoms with Gasteiger partial charge in [-0.05, 0) is 13.0 Å². The molecule has 10 heteroatoms. The Balaban J connectivity index is 2.26. The molecule has 124 valence electrons. The molecule has 3 aromatic rings. The van der Waals surface area contributed by atoms with E-state index in [0.29, 0.717) is 17.9 Å². The number of nitrogens with zero attached hydrogens (tertiary/aromatic N) is 4. The molecule has 0 aliphatic heterocycles. The number of hydrogen-bond donors (Lipinski definition) is 2. The second-order valence-corrected chi connectivity index (χ2v) is 6.32. The van der Waals surface area contributed by atoms with Crippen molar-refractivity contribution in [3.8, 4) is 17.1 Å². The zero-order chi connectivity index (χ0) is 17.3. The van der Waals surface area contributed by atoms with E-state index >= 15 is 0 Å². The molecule has 0 amide bonds. The van der Waals surface area contributed by atoms with Gasteiger partial charge in [0.1, 0.15) is 0 Å². The van der Waals surface area contributed by atoms with Crippen molar-refractivity contribution in [1.82, 2.24) is 19.9 Å². The number of benzene rings is 1. The largest absolute Gasteiger partial charge is 0.476 e. The van der Waals surface area contributed by atoms with E-state index in [1.54, 1.807) is 25.1 Å². The highest BCUT2D eigenvalue weighted by molar-refractivity contribution is 7.89. The van der Waals surface area contributed by atoms with Gasteiger partial charge < -0.3 is 10.5 Å². The van der Waals surface area contributed by atoms with Gasteiger partial charge in [-0.3, -0.25) is 0 Å². The Labute approximate surface area is 137 Å². The Kier molecular flexibility index (Phi) is 3.99. The van der Waals surface area contributed by atoms with Crippen LogP contribution in [-0.4, -0.2) is 35.0 Å². The van der Waals surface area contributed by atoms with E-state index in [9.17, 15) is 8.42 Å². The summed E-state index contributed by atoms with van der Waals surface area (Å²) in [6.07, 6.45) is 1.40. The molecule has 9 nitrogen and oxygen atoms in total. The van der Waals surface area contributed by atoms with Gasteiger partial charge in [0.15, 0.2) is 11.2 Å². The van der Waals surface area contributed by atoms with Crippen LogP contribution in [0.4, 0.5) is 5.95 Å². The second-order valence-electron chi connectivity index (χ2n) is 4.79. The van der Waals surface area contributed by atoms with Gasteiger partial charge in [0.2, 0.25) is 21.9 Å². The van der Waals surface area contributed by atoms with Gasteiger partial charge in [-0.1, -0.05) is 18.2 Å². The van der Waals surface area contributed by atoms with Crippen LogP contribution in [0.15, 0.2) is 35.4 Å². The molecule has 0 aliphatic carbocycles. The van der Waals surface area contributed by atoms with Gasteiger partial charge in [-0.2, -0.15) is 9.97 Å². The zero-order valence-corrected chi connectivity index (χ0v) is 13.5. The Morgan fingerprint density at radius 1 is 1.17 bits per heavy atom. The highest BCUT2D eigenvalue weighted by atomic mass is 32.2. The number of fused-ring (bicyclic) bond motifs is 1. The lowest BCUT2D eigenvalue weighted by Gasteiger charge is -2.09. The van der Waals surface area contributed by atoms with Crippen LogP contribution in [0.25, 0.3) is 22.4 Å². The molecular weight excluding hydrogens is 332 g/mol. The molecule has 3 rings (SSSR count). The Bertz CT molecular complexity index is 1020. The molecule has 2 aromatic heterocycles. The summed E-state index contributed by atoms with van der Waals surface area (Å²) >= 11 is 0. The normalized spacial score (nSPS) is 11.6. The highest BCUT2D eigenvalue weighted by Gasteiger charge is 2.18. The third-order valence-electron chi connectivity index (χ3n) is 3.14. The highest BCUT2D eigenvalue weighted by Crippen LogP contribution is 2.27. The van der Waals surface area contributed by atoms with Crippen molar-refractivity contribution in [3.63, 3.8) is 0 Å². The zero-order valence-electron chi connectivity index (χ0n) is 12.7. The van der Waals surface area contributed by atoms with Crippen molar-refractivity contribution >= 4 is 27.1 Å². The molecule has 0 saturated carbocycles. The monoisotopic (exact) mass is 346 g/mol. The van der Waals surface area contributed by atoms with Crippen LogP contribution in [-0.2, 0) is 10.0 Å². The summed E-state index contributed by atoms with van der Waals surface area (Å²) in [5.41, 5.74) is 6.79. The molecule has 24 heavy (non-hydrogen) atoms. The first-order valence-electron chi connectivity index (χ1n) is 6.95. The predicted molar refractivity (Wildman–Crippen MR) is 87.5 cm³/mol. The third-order valence-corrected chi connectivity index (χ3v) is 4.11. The van der Waals surface area contributed by atoms with E-state index in [2.05, 4.69) is 19.9 Å². The first-order valence-corrected chi connectivity index (χ1v) is 8.50. The summed E-state index contributed by atoms with van der Waals surface area (Å²) in [6.45, 7) is 2.14. The molecule has 0 atom stereocenters. The molecule has 2 heterocycles. The Morgan fingerprint density at radius 3 is 2.62 bits per heavy atom. The molecule has 0 spiro atoms. The van der Waals surface area contributed by atoms with Crippen LogP contribution in [0.5, 0.6) is 5.88 Å². The van der Waals surface area contributed by atoms with E-state index in [1.807, 2.05) is 0 Å².